The van der Waals surface area contributed by atoms with E-state index in [2.05, 4.69) is 48.9 Å². The minimum absolute atomic E-state index is 0.744. The van der Waals surface area contributed by atoms with Crippen LogP contribution < -0.4 is 0 Å². The first-order valence-corrected chi connectivity index (χ1v) is 9.58. The van der Waals surface area contributed by atoms with Gasteiger partial charge in [-0.3, -0.25) is 0 Å². The van der Waals surface area contributed by atoms with Crippen LogP contribution in [0.5, 0.6) is 0 Å². The van der Waals surface area contributed by atoms with E-state index in [9.17, 15) is 0 Å². The van der Waals surface area contributed by atoms with Crippen molar-refractivity contribution in [2.45, 2.75) is 50.9 Å². The molecular weight excluding hydrogens is 300 g/mol. The number of unbranched alkanes of at least 4 members (excludes halogenated alkanes) is 1. The Morgan fingerprint density at radius 1 is 0.920 bits per heavy atom. The van der Waals surface area contributed by atoms with Crippen LogP contribution in [0.1, 0.15) is 62.0 Å². The molecule has 0 heterocycles. The van der Waals surface area contributed by atoms with Crippen LogP contribution in [0.4, 0.5) is 0 Å². The summed E-state index contributed by atoms with van der Waals surface area (Å²) in [5.41, 5.74) is 4.95. The molecule has 0 amide bonds. The molecule has 1 saturated carbocycles. The highest BCUT2D eigenvalue weighted by atomic mass is 14.3. The smallest absolute Gasteiger partial charge is 0.0243 e. The summed E-state index contributed by atoms with van der Waals surface area (Å²) in [4.78, 5) is 0. The van der Waals surface area contributed by atoms with Crippen molar-refractivity contribution in [1.82, 2.24) is 0 Å². The molecule has 0 heteroatoms. The lowest BCUT2D eigenvalue weighted by Gasteiger charge is -2.29. The van der Waals surface area contributed by atoms with E-state index in [1.807, 2.05) is 18.2 Å². The van der Waals surface area contributed by atoms with Gasteiger partial charge in [-0.1, -0.05) is 54.8 Å². The highest BCUT2D eigenvalue weighted by molar-refractivity contribution is 5.64. The fraction of sp³-hybridized carbons (Fsp3) is 0.360. The molecule has 0 N–H and O–H groups in total. The molecule has 0 aliphatic heterocycles. The Kier molecular flexibility index (Phi) is 6.13. The molecule has 0 unspecified atom stereocenters. The third-order valence-corrected chi connectivity index (χ3v) is 5.63. The van der Waals surface area contributed by atoms with Gasteiger partial charge in [0, 0.05) is 5.56 Å². The predicted molar refractivity (Wildman–Crippen MR) is 109 cm³/mol. The largest absolute Gasteiger partial charge is 0.115 e. The molecule has 1 aliphatic rings. The highest BCUT2D eigenvalue weighted by Gasteiger charge is 2.21. The van der Waals surface area contributed by atoms with Crippen LogP contribution >= 0.6 is 0 Å². The molecule has 0 aromatic heterocycles. The van der Waals surface area contributed by atoms with E-state index in [1.54, 1.807) is 0 Å². The summed E-state index contributed by atoms with van der Waals surface area (Å²) in [6, 6.07) is 17.4. The highest BCUT2D eigenvalue weighted by Crippen LogP contribution is 2.38. The molecule has 3 rings (SSSR count). The first-order chi connectivity index (χ1) is 12.3. The number of rotatable bonds is 6. The van der Waals surface area contributed by atoms with Crippen molar-refractivity contribution in [3.63, 3.8) is 0 Å². The Balaban J connectivity index is 1.57. The molecule has 0 radical (unpaired) electrons. The van der Waals surface area contributed by atoms with Crippen molar-refractivity contribution in [3.8, 4) is 23.5 Å². The topological polar surface area (TPSA) is 0 Å². The Morgan fingerprint density at radius 2 is 1.52 bits per heavy atom. The lowest BCUT2D eigenvalue weighted by Crippen LogP contribution is -2.13. The maximum Gasteiger partial charge on any atom is 0.0243 e. The van der Waals surface area contributed by atoms with Gasteiger partial charge < -0.3 is 0 Å². The molecule has 128 valence electrons. The predicted octanol–water partition coefficient (Wildman–Crippen LogP) is 6.97. The zero-order valence-electron chi connectivity index (χ0n) is 15.1. The average Bonchev–Trinajstić information content (AvgIpc) is 2.69. The molecule has 0 saturated heterocycles. The number of benzene rings is 2. The normalized spacial score (nSPS) is 20.0. The van der Waals surface area contributed by atoms with Crippen molar-refractivity contribution in [2.75, 3.05) is 0 Å². The van der Waals surface area contributed by atoms with Crippen molar-refractivity contribution in [1.29, 1.82) is 0 Å². The Morgan fingerprint density at radius 3 is 2.08 bits per heavy atom. The van der Waals surface area contributed by atoms with E-state index in [1.165, 1.54) is 61.6 Å². The van der Waals surface area contributed by atoms with Crippen LogP contribution in [0.15, 0.2) is 61.2 Å². The molecule has 0 spiro atoms. The molecular formula is C25H28. The molecule has 0 nitrogen and oxygen atoms in total. The minimum atomic E-state index is 0.744. The van der Waals surface area contributed by atoms with Gasteiger partial charge in [0.1, 0.15) is 0 Å². The van der Waals surface area contributed by atoms with Gasteiger partial charge in [0.2, 0.25) is 0 Å². The van der Waals surface area contributed by atoms with E-state index in [0.717, 1.165) is 17.4 Å². The monoisotopic (exact) mass is 328 g/mol. The summed E-state index contributed by atoms with van der Waals surface area (Å²) in [6.07, 6.45) is 16.8. The van der Waals surface area contributed by atoms with Crippen molar-refractivity contribution >= 4 is 0 Å². The van der Waals surface area contributed by atoms with Gasteiger partial charge in [-0.2, -0.15) is 0 Å². The van der Waals surface area contributed by atoms with Crippen LogP contribution in [0.2, 0.25) is 0 Å². The summed E-state index contributed by atoms with van der Waals surface area (Å²) in [7, 11) is 0. The van der Waals surface area contributed by atoms with Crippen LogP contribution in [0, 0.1) is 18.3 Å². The summed E-state index contributed by atoms with van der Waals surface area (Å²) in [5, 5.41) is 0. The first kappa shape index (κ1) is 17.6. The van der Waals surface area contributed by atoms with Gasteiger partial charge in [-0.25, -0.2) is 0 Å². The second kappa shape index (κ2) is 8.72. The van der Waals surface area contributed by atoms with Gasteiger partial charge in [0.15, 0.2) is 0 Å². The number of terminal acetylenes is 1. The van der Waals surface area contributed by atoms with Crippen LogP contribution in [0.3, 0.4) is 0 Å². The molecule has 2 aromatic carbocycles. The van der Waals surface area contributed by atoms with Crippen LogP contribution in [-0.4, -0.2) is 0 Å². The number of allylic oxidation sites excluding steroid dienone is 1. The standard InChI is InChI=1S/C25H28/c1-3-5-6-7-21-10-14-23(15-11-21)25-18-16-24(17-19-25)22-12-8-20(4-2)9-13-22/h2-3,8-9,12-13,16-19,21,23H,1,5-7,10-11,14-15H2/t21-,23-. The molecule has 0 atom stereocenters. The van der Waals surface area contributed by atoms with Gasteiger partial charge in [-0.05, 0) is 79.2 Å². The SMILES string of the molecule is C#Cc1ccc(-c2ccc([C@H]3CC[C@H](CCCC=C)CC3)cc2)cc1. The molecule has 0 bridgehead atoms. The van der Waals surface area contributed by atoms with Gasteiger partial charge in [0.05, 0.1) is 0 Å². The number of hydrogen-bond acceptors (Lipinski definition) is 0. The van der Waals surface area contributed by atoms with Crippen molar-refractivity contribution in [3.05, 3.63) is 72.3 Å². The van der Waals surface area contributed by atoms with Crippen molar-refractivity contribution < 1.29 is 0 Å². The minimum Gasteiger partial charge on any atom is -0.115 e. The Hall–Kier alpha value is -2.26. The second-order valence-corrected chi connectivity index (χ2v) is 7.28. The summed E-state index contributed by atoms with van der Waals surface area (Å²) in [5.74, 6) is 4.35. The number of hydrogen-bond donors (Lipinski definition) is 0. The van der Waals surface area contributed by atoms with E-state index in [-0.39, 0.29) is 0 Å². The molecule has 1 aliphatic carbocycles. The van der Waals surface area contributed by atoms with Crippen molar-refractivity contribution in [2.24, 2.45) is 5.92 Å². The average molecular weight is 328 g/mol. The zero-order chi connectivity index (χ0) is 17.5. The zero-order valence-corrected chi connectivity index (χ0v) is 15.1. The molecule has 1 fully saturated rings. The maximum absolute atomic E-state index is 5.43. The Labute approximate surface area is 153 Å². The molecule has 2 aromatic rings. The summed E-state index contributed by atoms with van der Waals surface area (Å²) in [6.45, 7) is 3.82. The third kappa shape index (κ3) is 4.64. The fourth-order valence-electron chi connectivity index (χ4n) is 4.04. The fourth-order valence-corrected chi connectivity index (χ4v) is 4.04. The van der Waals surface area contributed by atoms with E-state index in [4.69, 9.17) is 6.42 Å². The third-order valence-electron chi connectivity index (χ3n) is 5.63. The lowest BCUT2D eigenvalue weighted by atomic mass is 9.77. The van der Waals surface area contributed by atoms with Crippen LogP contribution in [-0.2, 0) is 0 Å². The first-order valence-electron chi connectivity index (χ1n) is 9.58. The van der Waals surface area contributed by atoms with E-state index in [0.29, 0.717) is 0 Å². The summed E-state index contributed by atoms with van der Waals surface area (Å²) < 4.78 is 0. The lowest BCUT2D eigenvalue weighted by molar-refractivity contribution is 0.306. The second-order valence-electron chi connectivity index (χ2n) is 7.28. The Bertz CT molecular complexity index is 704. The maximum atomic E-state index is 5.43. The molecule has 25 heavy (non-hydrogen) atoms. The summed E-state index contributed by atoms with van der Waals surface area (Å²) >= 11 is 0. The van der Waals surface area contributed by atoms with Gasteiger partial charge in [0.25, 0.3) is 0 Å². The van der Waals surface area contributed by atoms with Gasteiger partial charge in [-0.15, -0.1) is 13.0 Å². The quantitative estimate of drug-likeness (QED) is 0.305. The van der Waals surface area contributed by atoms with E-state index < -0.39 is 0 Å². The van der Waals surface area contributed by atoms with E-state index >= 15 is 0 Å². The van der Waals surface area contributed by atoms with Crippen LogP contribution in [0.25, 0.3) is 11.1 Å². The van der Waals surface area contributed by atoms with Gasteiger partial charge >= 0.3 is 0 Å².